The van der Waals surface area contributed by atoms with Crippen molar-refractivity contribution in [3.63, 3.8) is 0 Å². The second-order valence-corrected chi connectivity index (χ2v) is 8.55. The molecule has 0 fully saturated rings. The summed E-state index contributed by atoms with van der Waals surface area (Å²) in [6.45, 7) is 6.83. The summed E-state index contributed by atoms with van der Waals surface area (Å²) >= 11 is 0. The first-order valence-electron chi connectivity index (χ1n) is 10.7. The van der Waals surface area contributed by atoms with Crippen molar-refractivity contribution in [3.05, 3.63) is 58.9 Å². The van der Waals surface area contributed by atoms with Gasteiger partial charge in [0.25, 0.3) is 0 Å². The van der Waals surface area contributed by atoms with Crippen molar-refractivity contribution in [2.24, 2.45) is 7.05 Å². The van der Waals surface area contributed by atoms with Crippen molar-refractivity contribution < 1.29 is 19.1 Å². The molecule has 0 aliphatic carbocycles. The average Bonchev–Trinajstić information content (AvgIpc) is 3.06. The highest BCUT2D eigenvalue weighted by atomic mass is 16.5. The first-order valence-corrected chi connectivity index (χ1v) is 10.7. The van der Waals surface area contributed by atoms with Gasteiger partial charge in [-0.3, -0.25) is 14.4 Å². The van der Waals surface area contributed by atoms with Crippen LogP contribution < -0.4 is 5.32 Å². The number of ketones is 1. The lowest BCUT2D eigenvalue weighted by Gasteiger charge is -2.30. The summed E-state index contributed by atoms with van der Waals surface area (Å²) in [5.74, 6) is -0.426. The van der Waals surface area contributed by atoms with Crippen molar-refractivity contribution in [2.75, 3.05) is 6.61 Å². The minimum Gasteiger partial charge on any atom is -0.463 e. The zero-order valence-corrected chi connectivity index (χ0v) is 19.3. The molecule has 0 bridgehead atoms. The smallest absolute Gasteiger partial charge is 0.302 e. The van der Waals surface area contributed by atoms with E-state index in [9.17, 15) is 14.4 Å². The number of amides is 1. The van der Waals surface area contributed by atoms with Gasteiger partial charge in [0.1, 0.15) is 6.61 Å². The fraction of sp³-hybridized carbons (Fsp3) is 0.480. The van der Waals surface area contributed by atoms with Gasteiger partial charge in [-0.05, 0) is 57.2 Å². The molecule has 6 heteroatoms. The molecule has 6 nitrogen and oxygen atoms in total. The van der Waals surface area contributed by atoms with Gasteiger partial charge < -0.3 is 14.6 Å². The van der Waals surface area contributed by atoms with Crippen LogP contribution in [0.15, 0.2) is 36.4 Å². The van der Waals surface area contributed by atoms with E-state index in [0.29, 0.717) is 25.0 Å². The predicted octanol–water partition coefficient (Wildman–Crippen LogP) is 3.93. The zero-order chi connectivity index (χ0) is 23.0. The number of Topliss-reactive ketones (excluding diaryl/α,β-unsaturated/α-hetero) is 1. The summed E-state index contributed by atoms with van der Waals surface area (Å²) in [4.78, 5) is 35.5. The maximum Gasteiger partial charge on any atom is 0.302 e. The molecule has 1 amide bonds. The Morgan fingerprint density at radius 3 is 2.32 bits per heavy atom. The molecule has 0 aliphatic rings. The molecule has 1 heterocycles. The third-order valence-corrected chi connectivity index (χ3v) is 5.51. The monoisotopic (exact) mass is 426 g/mol. The van der Waals surface area contributed by atoms with Crippen LogP contribution in [0.4, 0.5) is 0 Å². The van der Waals surface area contributed by atoms with Crippen molar-refractivity contribution >= 4 is 17.7 Å². The minimum atomic E-state index is -0.667. The molecule has 0 saturated carbocycles. The number of aryl methyl sites for hydroxylation is 3. The van der Waals surface area contributed by atoms with Crippen LogP contribution in [0.5, 0.6) is 0 Å². The van der Waals surface area contributed by atoms with E-state index in [1.807, 2.05) is 30.7 Å². The number of nitrogens with one attached hydrogen (secondary N) is 1. The summed E-state index contributed by atoms with van der Waals surface area (Å²) < 4.78 is 7.07. The van der Waals surface area contributed by atoms with Crippen molar-refractivity contribution in [1.82, 2.24) is 9.88 Å². The summed E-state index contributed by atoms with van der Waals surface area (Å²) in [5.41, 5.74) is 3.51. The topological polar surface area (TPSA) is 77.4 Å². The van der Waals surface area contributed by atoms with Crippen LogP contribution in [0.25, 0.3) is 0 Å². The fourth-order valence-electron chi connectivity index (χ4n) is 3.68. The van der Waals surface area contributed by atoms with Crippen LogP contribution in [0.3, 0.4) is 0 Å². The van der Waals surface area contributed by atoms with Gasteiger partial charge in [0.2, 0.25) is 5.91 Å². The van der Waals surface area contributed by atoms with Crippen molar-refractivity contribution in [2.45, 2.75) is 65.3 Å². The van der Waals surface area contributed by atoms with E-state index < -0.39 is 5.54 Å². The zero-order valence-electron chi connectivity index (χ0n) is 19.3. The van der Waals surface area contributed by atoms with Crippen LogP contribution in [0.2, 0.25) is 0 Å². The summed E-state index contributed by atoms with van der Waals surface area (Å²) in [7, 11) is 1.89. The molecule has 0 saturated heterocycles. The number of carbonyl (C=O) groups is 3. The Morgan fingerprint density at radius 1 is 1.03 bits per heavy atom. The SMILES string of the molecule is CC(=O)N[C@](C)(CCc1ccc(C(=O)CCCc2ccc(C)cc2)n1C)COC(C)=O. The summed E-state index contributed by atoms with van der Waals surface area (Å²) in [6.07, 6.45) is 3.42. The number of hydrogen-bond acceptors (Lipinski definition) is 4. The van der Waals surface area contributed by atoms with Crippen molar-refractivity contribution in [3.8, 4) is 0 Å². The summed E-state index contributed by atoms with van der Waals surface area (Å²) in [5, 5.41) is 2.89. The fourth-order valence-corrected chi connectivity index (χ4v) is 3.68. The van der Waals surface area contributed by atoms with Gasteiger partial charge in [-0.15, -0.1) is 0 Å². The van der Waals surface area contributed by atoms with Crippen LogP contribution >= 0.6 is 0 Å². The number of esters is 1. The van der Waals surface area contributed by atoms with E-state index in [1.54, 1.807) is 0 Å². The van der Waals surface area contributed by atoms with E-state index in [-0.39, 0.29) is 24.3 Å². The molecule has 31 heavy (non-hydrogen) atoms. The van der Waals surface area contributed by atoms with E-state index in [0.717, 1.165) is 18.5 Å². The first-order chi connectivity index (χ1) is 14.6. The number of hydrogen-bond donors (Lipinski definition) is 1. The second-order valence-electron chi connectivity index (χ2n) is 8.55. The Morgan fingerprint density at radius 2 is 1.71 bits per heavy atom. The van der Waals surface area contributed by atoms with E-state index in [1.165, 1.54) is 25.0 Å². The molecular weight excluding hydrogens is 392 g/mol. The standard InChI is InChI=1S/C25H34N2O4/c1-18-9-11-21(12-10-18)7-6-8-24(30)23-14-13-22(27(23)5)15-16-25(4,26-19(2)28)17-31-20(3)29/h9-14H,6-8,15-17H2,1-5H3,(H,26,28)/t25-/m1/s1. The third-order valence-electron chi connectivity index (χ3n) is 5.51. The highest BCUT2D eigenvalue weighted by Crippen LogP contribution is 2.19. The number of nitrogens with zero attached hydrogens (tertiary/aromatic N) is 1. The maximum atomic E-state index is 12.7. The van der Waals surface area contributed by atoms with Gasteiger partial charge in [0, 0.05) is 33.0 Å². The van der Waals surface area contributed by atoms with Crippen LogP contribution in [-0.4, -0.2) is 34.4 Å². The van der Waals surface area contributed by atoms with Gasteiger partial charge in [-0.1, -0.05) is 29.8 Å². The molecule has 1 aromatic heterocycles. The molecule has 1 atom stereocenters. The lowest BCUT2D eigenvalue weighted by Crippen LogP contribution is -2.49. The lowest BCUT2D eigenvalue weighted by molar-refractivity contribution is -0.144. The maximum absolute atomic E-state index is 12.7. The number of rotatable bonds is 11. The average molecular weight is 427 g/mol. The Hall–Kier alpha value is -2.89. The van der Waals surface area contributed by atoms with Gasteiger partial charge in [0.15, 0.2) is 5.78 Å². The highest BCUT2D eigenvalue weighted by Gasteiger charge is 2.27. The number of aromatic nitrogens is 1. The van der Waals surface area contributed by atoms with E-state index in [4.69, 9.17) is 4.74 Å². The van der Waals surface area contributed by atoms with Crippen LogP contribution in [-0.2, 0) is 34.2 Å². The molecule has 2 aromatic rings. The molecule has 0 radical (unpaired) electrons. The molecule has 168 valence electrons. The Bertz CT molecular complexity index is 914. The number of ether oxygens (including phenoxy) is 1. The second kappa shape index (κ2) is 10.9. The third kappa shape index (κ3) is 7.70. The van der Waals surface area contributed by atoms with Gasteiger partial charge >= 0.3 is 5.97 Å². The molecule has 2 rings (SSSR count). The Kier molecular flexibility index (Phi) is 8.60. The Labute approximate surface area is 185 Å². The largest absolute Gasteiger partial charge is 0.463 e. The van der Waals surface area contributed by atoms with Crippen LogP contribution in [0, 0.1) is 6.92 Å². The molecule has 0 unspecified atom stereocenters. The predicted molar refractivity (Wildman–Crippen MR) is 121 cm³/mol. The Balaban J connectivity index is 1.94. The quantitative estimate of drug-likeness (QED) is 0.436. The van der Waals surface area contributed by atoms with E-state index >= 15 is 0 Å². The minimum absolute atomic E-state index is 0.108. The molecular formula is C25H34N2O4. The van der Waals surface area contributed by atoms with Gasteiger partial charge in [-0.2, -0.15) is 0 Å². The first kappa shape index (κ1) is 24.4. The van der Waals surface area contributed by atoms with Gasteiger partial charge in [-0.25, -0.2) is 0 Å². The highest BCUT2D eigenvalue weighted by molar-refractivity contribution is 5.94. The number of benzene rings is 1. The lowest BCUT2D eigenvalue weighted by atomic mass is 9.95. The van der Waals surface area contributed by atoms with E-state index in [2.05, 4.69) is 36.5 Å². The van der Waals surface area contributed by atoms with Crippen molar-refractivity contribution in [1.29, 1.82) is 0 Å². The summed E-state index contributed by atoms with van der Waals surface area (Å²) in [6, 6.07) is 12.2. The molecule has 0 aliphatic heterocycles. The number of carbonyl (C=O) groups excluding carboxylic acids is 3. The molecule has 0 spiro atoms. The van der Waals surface area contributed by atoms with Crippen LogP contribution in [0.1, 0.15) is 67.3 Å². The molecule has 1 aromatic carbocycles. The van der Waals surface area contributed by atoms with Gasteiger partial charge in [0.05, 0.1) is 11.2 Å². The molecule has 1 N–H and O–H groups in total. The normalized spacial score (nSPS) is 12.8.